The van der Waals surface area contributed by atoms with Crippen LogP contribution in [0.1, 0.15) is 59.3 Å². The summed E-state index contributed by atoms with van der Waals surface area (Å²) in [5, 5.41) is 10.3. The summed E-state index contributed by atoms with van der Waals surface area (Å²) in [5.74, 6) is 0.812. The number of ether oxygens (including phenoxy) is 1. The summed E-state index contributed by atoms with van der Waals surface area (Å²) in [6.45, 7) is 10.8. The number of aliphatic hydroxyl groups is 1. The summed E-state index contributed by atoms with van der Waals surface area (Å²) in [6, 6.07) is 0. The van der Waals surface area contributed by atoms with Crippen molar-refractivity contribution in [2.24, 2.45) is 16.7 Å². The van der Waals surface area contributed by atoms with Gasteiger partial charge in [0.15, 0.2) is 0 Å². The van der Waals surface area contributed by atoms with E-state index >= 15 is 0 Å². The van der Waals surface area contributed by atoms with Gasteiger partial charge in [0.1, 0.15) is 0 Å². The lowest BCUT2D eigenvalue weighted by atomic mass is 9.70. The summed E-state index contributed by atoms with van der Waals surface area (Å²) >= 11 is 0. The zero-order valence-corrected chi connectivity index (χ0v) is 14.1. The molecule has 3 nitrogen and oxygen atoms in total. The Kier molecular flexibility index (Phi) is 4.37. The summed E-state index contributed by atoms with van der Waals surface area (Å²) in [4.78, 5) is 2.39. The SMILES string of the molecule is CC1(C)C2CCC1(C)C(OCC(O)CN1CCCCC1)C2. The Morgan fingerprint density at radius 2 is 1.90 bits per heavy atom. The van der Waals surface area contributed by atoms with Gasteiger partial charge in [0, 0.05) is 6.54 Å². The Balaban J connectivity index is 1.47. The Bertz CT molecular complexity index is 364. The second-order valence-electron chi connectivity index (χ2n) is 8.45. The molecule has 21 heavy (non-hydrogen) atoms. The maximum atomic E-state index is 10.3. The topological polar surface area (TPSA) is 32.7 Å². The van der Waals surface area contributed by atoms with E-state index in [1.165, 1.54) is 38.5 Å². The first-order chi connectivity index (χ1) is 9.93. The molecule has 0 aromatic carbocycles. The average molecular weight is 295 g/mol. The molecule has 0 radical (unpaired) electrons. The molecule has 0 aromatic heterocycles. The lowest BCUT2D eigenvalue weighted by Crippen LogP contribution is -2.41. The van der Waals surface area contributed by atoms with Gasteiger partial charge in [-0.2, -0.15) is 0 Å². The standard InChI is InChI=1S/C18H33NO2/c1-17(2)14-7-8-18(17,3)16(11-14)21-13-15(20)12-19-9-5-4-6-10-19/h14-16,20H,4-13H2,1-3H3. The fourth-order valence-corrected chi connectivity index (χ4v) is 5.10. The molecule has 2 saturated carbocycles. The average Bonchev–Trinajstić information content (AvgIpc) is 2.79. The Labute approximate surface area is 130 Å². The number of hydrogen-bond donors (Lipinski definition) is 1. The van der Waals surface area contributed by atoms with Crippen molar-refractivity contribution in [3.8, 4) is 0 Å². The quantitative estimate of drug-likeness (QED) is 0.846. The number of β-amino-alcohol motifs (C(OH)–C–C–N with tert-alkyl or cyclic N) is 1. The number of hydrogen-bond acceptors (Lipinski definition) is 3. The van der Waals surface area contributed by atoms with Crippen molar-refractivity contribution < 1.29 is 9.84 Å². The summed E-state index contributed by atoms with van der Waals surface area (Å²) in [6.07, 6.45) is 7.78. The van der Waals surface area contributed by atoms with Crippen molar-refractivity contribution in [3.05, 3.63) is 0 Å². The van der Waals surface area contributed by atoms with Crippen LogP contribution in [0.15, 0.2) is 0 Å². The Morgan fingerprint density at radius 3 is 2.48 bits per heavy atom. The molecule has 3 fully saturated rings. The van der Waals surface area contributed by atoms with Gasteiger partial charge in [-0.05, 0) is 61.9 Å². The molecule has 4 unspecified atom stereocenters. The first-order valence-corrected chi connectivity index (χ1v) is 8.95. The molecule has 2 aliphatic carbocycles. The lowest BCUT2D eigenvalue weighted by molar-refractivity contribution is -0.0798. The van der Waals surface area contributed by atoms with Crippen LogP contribution >= 0.6 is 0 Å². The smallest absolute Gasteiger partial charge is 0.0900 e. The highest BCUT2D eigenvalue weighted by atomic mass is 16.5. The van der Waals surface area contributed by atoms with Crippen molar-refractivity contribution in [3.63, 3.8) is 0 Å². The van der Waals surface area contributed by atoms with Crippen LogP contribution in [0.2, 0.25) is 0 Å². The van der Waals surface area contributed by atoms with Crippen molar-refractivity contribution in [2.75, 3.05) is 26.2 Å². The predicted molar refractivity (Wildman–Crippen MR) is 85.3 cm³/mol. The van der Waals surface area contributed by atoms with Gasteiger partial charge in [0.25, 0.3) is 0 Å². The first kappa shape index (κ1) is 15.8. The van der Waals surface area contributed by atoms with Crippen LogP contribution in [0.25, 0.3) is 0 Å². The van der Waals surface area contributed by atoms with Gasteiger partial charge in [-0.15, -0.1) is 0 Å². The highest BCUT2D eigenvalue weighted by molar-refractivity contribution is 5.11. The number of rotatable bonds is 5. The number of piperidine rings is 1. The number of fused-ring (bicyclic) bond motifs is 2. The highest BCUT2D eigenvalue weighted by Gasteiger charge is 2.61. The van der Waals surface area contributed by atoms with E-state index in [-0.39, 0.29) is 6.10 Å². The third-order valence-electron chi connectivity index (χ3n) is 7.12. The normalized spacial score (nSPS) is 40.6. The molecule has 1 aliphatic heterocycles. The molecular weight excluding hydrogens is 262 g/mol. The van der Waals surface area contributed by atoms with E-state index in [9.17, 15) is 5.11 Å². The van der Waals surface area contributed by atoms with Gasteiger partial charge >= 0.3 is 0 Å². The molecule has 122 valence electrons. The second kappa shape index (κ2) is 5.82. The van der Waals surface area contributed by atoms with Crippen LogP contribution in [-0.2, 0) is 4.74 Å². The molecule has 0 amide bonds. The van der Waals surface area contributed by atoms with E-state index in [0.717, 1.165) is 25.6 Å². The minimum Gasteiger partial charge on any atom is -0.389 e. The first-order valence-electron chi connectivity index (χ1n) is 8.95. The van der Waals surface area contributed by atoms with Crippen molar-refractivity contribution in [2.45, 2.75) is 71.5 Å². The molecule has 1 heterocycles. The molecule has 1 N–H and O–H groups in total. The molecule has 4 atom stereocenters. The van der Waals surface area contributed by atoms with E-state index in [1.807, 2.05) is 0 Å². The number of aliphatic hydroxyl groups excluding tert-OH is 1. The van der Waals surface area contributed by atoms with Crippen LogP contribution in [0.4, 0.5) is 0 Å². The molecule has 1 saturated heterocycles. The lowest BCUT2D eigenvalue weighted by Gasteiger charge is -2.39. The maximum Gasteiger partial charge on any atom is 0.0900 e. The minimum atomic E-state index is -0.325. The zero-order chi connectivity index (χ0) is 15.1. The second-order valence-corrected chi connectivity index (χ2v) is 8.45. The number of likely N-dealkylation sites (tertiary alicyclic amines) is 1. The Hall–Kier alpha value is -0.120. The monoisotopic (exact) mass is 295 g/mol. The van der Waals surface area contributed by atoms with Gasteiger partial charge in [-0.3, -0.25) is 0 Å². The van der Waals surface area contributed by atoms with Crippen LogP contribution < -0.4 is 0 Å². The van der Waals surface area contributed by atoms with E-state index in [0.29, 0.717) is 23.5 Å². The van der Waals surface area contributed by atoms with Gasteiger partial charge in [0.05, 0.1) is 18.8 Å². The number of nitrogens with zero attached hydrogens (tertiary/aromatic N) is 1. The van der Waals surface area contributed by atoms with Gasteiger partial charge in [0.2, 0.25) is 0 Å². The predicted octanol–water partition coefficient (Wildman–Crippen LogP) is 3.06. The summed E-state index contributed by atoms with van der Waals surface area (Å²) < 4.78 is 6.20. The molecule has 2 bridgehead atoms. The Morgan fingerprint density at radius 1 is 1.19 bits per heavy atom. The molecule has 0 spiro atoms. The fourth-order valence-electron chi connectivity index (χ4n) is 5.10. The van der Waals surface area contributed by atoms with E-state index in [2.05, 4.69) is 25.7 Å². The summed E-state index contributed by atoms with van der Waals surface area (Å²) in [7, 11) is 0. The van der Waals surface area contributed by atoms with Gasteiger partial charge < -0.3 is 14.7 Å². The van der Waals surface area contributed by atoms with E-state index < -0.39 is 0 Å². The van der Waals surface area contributed by atoms with Crippen molar-refractivity contribution >= 4 is 0 Å². The van der Waals surface area contributed by atoms with E-state index in [1.54, 1.807) is 0 Å². The van der Waals surface area contributed by atoms with Crippen LogP contribution in [-0.4, -0.2) is 48.5 Å². The summed E-state index contributed by atoms with van der Waals surface area (Å²) in [5.41, 5.74) is 0.706. The van der Waals surface area contributed by atoms with Crippen molar-refractivity contribution in [1.29, 1.82) is 0 Å². The van der Waals surface area contributed by atoms with Crippen LogP contribution in [0.3, 0.4) is 0 Å². The molecule has 3 heteroatoms. The fraction of sp³-hybridized carbons (Fsp3) is 1.00. The third kappa shape index (κ3) is 2.77. The van der Waals surface area contributed by atoms with Crippen molar-refractivity contribution in [1.82, 2.24) is 4.90 Å². The maximum absolute atomic E-state index is 10.3. The van der Waals surface area contributed by atoms with Crippen LogP contribution in [0.5, 0.6) is 0 Å². The van der Waals surface area contributed by atoms with Crippen LogP contribution in [0, 0.1) is 16.7 Å². The van der Waals surface area contributed by atoms with Gasteiger partial charge in [-0.25, -0.2) is 0 Å². The van der Waals surface area contributed by atoms with E-state index in [4.69, 9.17) is 4.74 Å². The molecule has 0 aromatic rings. The molecule has 3 aliphatic rings. The molecule has 3 rings (SSSR count). The third-order valence-corrected chi connectivity index (χ3v) is 7.12. The molecular formula is C18H33NO2. The van der Waals surface area contributed by atoms with Gasteiger partial charge in [-0.1, -0.05) is 27.2 Å². The minimum absolute atomic E-state index is 0.308. The largest absolute Gasteiger partial charge is 0.389 e. The zero-order valence-electron chi connectivity index (χ0n) is 14.1. The highest BCUT2D eigenvalue weighted by Crippen LogP contribution is 2.66.